The van der Waals surface area contributed by atoms with E-state index in [1.807, 2.05) is 13.8 Å². The maximum Gasteiger partial charge on any atom is 0.151 e. The van der Waals surface area contributed by atoms with Crippen molar-refractivity contribution in [1.82, 2.24) is 4.98 Å². The molecule has 2 aromatic heterocycles. The van der Waals surface area contributed by atoms with E-state index in [-0.39, 0.29) is 0 Å². The number of nitriles is 1. The van der Waals surface area contributed by atoms with Crippen molar-refractivity contribution in [3.8, 4) is 6.07 Å². The summed E-state index contributed by atoms with van der Waals surface area (Å²) < 4.78 is 5.45. The van der Waals surface area contributed by atoms with Crippen LogP contribution in [0.1, 0.15) is 17.0 Å². The number of rotatable bonds is 0. The van der Waals surface area contributed by atoms with Crippen molar-refractivity contribution >= 4 is 11.0 Å². The summed E-state index contributed by atoms with van der Waals surface area (Å²) in [6.07, 6.45) is 1.59. The fourth-order valence-electron chi connectivity index (χ4n) is 1.39. The third kappa shape index (κ3) is 0.994. The molecule has 0 fully saturated rings. The quantitative estimate of drug-likeness (QED) is 0.612. The zero-order chi connectivity index (χ0) is 9.42. The number of furan rings is 1. The number of aromatic nitrogens is 1. The first-order valence-electron chi connectivity index (χ1n) is 3.99. The molecular weight excluding hydrogens is 164 g/mol. The Balaban J connectivity index is 2.97. The summed E-state index contributed by atoms with van der Waals surface area (Å²) in [7, 11) is 0. The van der Waals surface area contributed by atoms with E-state index in [9.17, 15) is 0 Å². The number of nitrogens with zero attached hydrogens (tertiary/aromatic N) is 2. The second kappa shape index (κ2) is 2.60. The van der Waals surface area contributed by atoms with Crippen molar-refractivity contribution in [2.45, 2.75) is 13.8 Å². The Labute approximate surface area is 75.6 Å². The van der Waals surface area contributed by atoms with Gasteiger partial charge >= 0.3 is 0 Å². The third-order valence-electron chi connectivity index (χ3n) is 2.18. The lowest BCUT2D eigenvalue weighted by atomic mass is 10.1. The minimum atomic E-state index is 0.437. The van der Waals surface area contributed by atoms with E-state index in [0.717, 1.165) is 22.3 Å². The van der Waals surface area contributed by atoms with E-state index in [1.54, 1.807) is 12.3 Å². The van der Waals surface area contributed by atoms with Crippen LogP contribution in [0.25, 0.3) is 11.0 Å². The maximum absolute atomic E-state index is 8.82. The molecule has 2 rings (SSSR count). The van der Waals surface area contributed by atoms with Crippen molar-refractivity contribution in [1.29, 1.82) is 5.26 Å². The van der Waals surface area contributed by atoms with Crippen molar-refractivity contribution in [2.24, 2.45) is 0 Å². The van der Waals surface area contributed by atoms with Crippen LogP contribution in [-0.2, 0) is 0 Å². The lowest BCUT2D eigenvalue weighted by Gasteiger charge is -1.90. The van der Waals surface area contributed by atoms with E-state index in [0.29, 0.717) is 5.69 Å². The van der Waals surface area contributed by atoms with Gasteiger partial charge in [-0.15, -0.1) is 0 Å². The minimum Gasteiger partial charge on any atom is -0.461 e. The van der Waals surface area contributed by atoms with Crippen LogP contribution in [0.5, 0.6) is 0 Å². The van der Waals surface area contributed by atoms with Gasteiger partial charge in [-0.25, -0.2) is 4.98 Å². The van der Waals surface area contributed by atoms with Crippen LogP contribution in [0.3, 0.4) is 0 Å². The summed E-state index contributed by atoms with van der Waals surface area (Å²) in [6.45, 7) is 3.82. The normalized spacial score (nSPS) is 10.2. The highest BCUT2D eigenvalue weighted by Crippen LogP contribution is 2.25. The van der Waals surface area contributed by atoms with Crippen LogP contribution >= 0.6 is 0 Å². The molecule has 0 atom stereocenters. The Kier molecular flexibility index (Phi) is 1.56. The van der Waals surface area contributed by atoms with Crippen molar-refractivity contribution in [3.05, 3.63) is 29.3 Å². The molecule has 2 aromatic rings. The number of hydrogen-bond donors (Lipinski definition) is 0. The molecule has 3 nitrogen and oxygen atoms in total. The van der Waals surface area contributed by atoms with Crippen LogP contribution in [0.4, 0.5) is 0 Å². The Morgan fingerprint density at radius 1 is 1.46 bits per heavy atom. The van der Waals surface area contributed by atoms with E-state index in [1.165, 1.54) is 0 Å². The third-order valence-corrected chi connectivity index (χ3v) is 2.18. The van der Waals surface area contributed by atoms with Gasteiger partial charge in [0.15, 0.2) is 5.69 Å². The molecule has 64 valence electrons. The average Bonchev–Trinajstić information content (AvgIpc) is 2.43. The van der Waals surface area contributed by atoms with Crippen LogP contribution in [0.15, 0.2) is 16.7 Å². The first kappa shape index (κ1) is 7.81. The predicted octanol–water partition coefficient (Wildman–Crippen LogP) is 2.32. The molecular formula is C10H8N2O. The standard InChI is InChI=1S/C10H8N2O/c1-6-7(2)13-9-3-4-12-8(5-11)10(6)9/h3-4H,1-2H3. The molecule has 13 heavy (non-hydrogen) atoms. The van der Waals surface area contributed by atoms with Crippen molar-refractivity contribution < 1.29 is 4.42 Å². The first-order valence-corrected chi connectivity index (χ1v) is 3.99. The molecule has 0 amide bonds. The van der Waals surface area contributed by atoms with Gasteiger partial charge in [0.05, 0.1) is 5.39 Å². The van der Waals surface area contributed by atoms with Gasteiger partial charge in [0, 0.05) is 11.8 Å². The van der Waals surface area contributed by atoms with Crippen LogP contribution in [-0.4, -0.2) is 4.98 Å². The molecule has 0 saturated carbocycles. The highest BCUT2D eigenvalue weighted by molar-refractivity contribution is 5.86. The van der Waals surface area contributed by atoms with E-state index in [4.69, 9.17) is 9.68 Å². The fraction of sp³-hybridized carbons (Fsp3) is 0.200. The summed E-state index contributed by atoms with van der Waals surface area (Å²) in [4.78, 5) is 3.98. The Morgan fingerprint density at radius 3 is 2.92 bits per heavy atom. The van der Waals surface area contributed by atoms with Gasteiger partial charge < -0.3 is 4.42 Å². The Bertz CT molecular complexity index is 505. The van der Waals surface area contributed by atoms with E-state index < -0.39 is 0 Å². The highest BCUT2D eigenvalue weighted by Gasteiger charge is 2.10. The number of pyridine rings is 1. The summed E-state index contributed by atoms with van der Waals surface area (Å²) in [5.41, 5.74) is 2.17. The molecule has 3 heteroatoms. The lowest BCUT2D eigenvalue weighted by molar-refractivity contribution is 0.575. The van der Waals surface area contributed by atoms with Crippen LogP contribution in [0.2, 0.25) is 0 Å². The number of hydrogen-bond acceptors (Lipinski definition) is 3. The molecule has 0 aliphatic heterocycles. The SMILES string of the molecule is Cc1oc2ccnc(C#N)c2c1C. The zero-order valence-electron chi connectivity index (χ0n) is 7.46. The molecule has 0 spiro atoms. The first-order chi connectivity index (χ1) is 6.24. The second-order valence-electron chi connectivity index (χ2n) is 2.93. The monoisotopic (exact) mass is 172 g/mol. The number of aryl methyl sites for hydroxylation is 2. The molecule has 0 aromatic carbocycles. The molecule has 0 unspecified atom stereocenters. The van der Waals surface area contributed by atoms with Gasteiger partial charge in [0.25, 0.3) is 0 Å². The molecule has 0 radical (unpaired) electrons. The Morgan fingerprint density at radius 2 is 2.23 bits per heavy atom. The fourth-order valence-corrected chi connectivity index (χ4v) is 1.39. The van der Waals surface area contributed by atoms with Gasteiger partial charge in [-0.3, -0.25) is 0 Å². The molecule has 0 bridgehead atoms. The molecule has 0 N–H and O–H groups in total. The highest BCUT2D eigenvalue weighted by atomic mass is 16.3. The van der Waals surface area contributed by atoms with E-state index >= 15 is 0 Å². The summed E-state index contributed by atoms with van der Waals surface area (Å²) in [6, 6.07) is 3.83. The summed E-state index contributed by atoms with van der Waals surface area (Å²) in [5.74, 6) is 0.847. The van der Waals surface area contributed by atoms with Crippen LogP contribution < -0.4 is 0 Å². The number of fused-ring (bicyclic) bond motifs is 1. The summed E-state index contributed by atoms with van der Waals surface area (Å²) in [5, 5.41) is 9.65. The van der Waals surface area contributed by atoms with Gasteiger partial charge in [-0.1, -0.05) is 0 Å². The van der Waals surface area contributed by atoms with Gasteiger partial charge in [0.2, 0.25) is 0 Å². The molecule has 0 saturated heterocycles. The lowest BCUT2D eigenvalue weighted by Crippen LogP contribution is -1.83. The second-order valence-corrected chi connectivity index (χ2v) is 2.93. The molecule has 2 heterocycles. The maximum atomic E-state index is 8.82. The minimum absolute atomic E-state index is 0.437. The summed E-state index contributed by atoms with van der Waals surface area (Å²) >= 11 is 0. The molecule has 0 aliphatic rings. The van der Waals surface area contributed by atoms with Gasteiger partial charge in [-0.05, 0) is 19.9 Å². The van der Waals surface area contributed by atoms with Crippen LogP contribution in [0, 0.1) is 25.2 Å². The van der Waals surface area contributed by atoms with E-state index in [2.05, 4.69) is 11.1 Å². The van der Waals surface area contributed by atoms with Gasteiger partial charge in [0.1, 0.15) is 17.4 Å². The van der Waals surface area contributed by atoms with Crippen molar-refractivity contribution in [2.75, 3.05) is 0 Å². The predicted molar refractivity (Wildman–Crippen MR) is 48.2 cm³/mol. The molecule has 0 aliphatic carbocycles. The Hall–Kier alpha value is -1.82. The van der Waals surface area contributed by atoms with Gasteiger partial charge in [-0.2, -0.15) is 5.26 Å². The smallest absolute Gasteiger partial charge is 0.151 e. The largest absolute Gasteiger partial charge is 0.461 e. The zero-order valence-corrected chi connectivity index (χ0v) is 7.46. The average molecular weight is 172 g/mol. The van der Waals surface area contributed by atoms with Crippen molar-refractivity contribution in [3.63, 3.8) is 0 Å². The topological polar surface area (TPSA) is 49.8 Å².